The summed E-state index contributed by atoms with van der Waals surface area (Å²) in [5.41, 5.74) is 2.82. The smallest absolute Gasteiger partial charge is 0.257 e. The molecule has 2 aliphatic heterocycles. The molecule has 0 bridgehead atoms. The highest BCUT2D eigenvalue weighted by molar-refractivity contribution is 5.95. The lowest BCUT2D eigenvalue weighted by molar-refractivity contribution is 0.0356. The number of hydrogen-bond acceptors (Lipinski definition) is 7. The van der Waals surface area contributed by atoms with Gasteiger partial charge in [-0.15, -0.1) is 0 Å². The highest BCUT2D eigenvalue weighted by Crippen LogP contribution is 2.42. The molecule has 5 heterocycles. The van der Waals surface area contributed by atoms with Gasteiger partial charge in [0.2, 0.25) is 0 Å². The molecule has 1 N–H and O–H groups in total. The molecule has 3 aliphatic rings. The van der Waals surface area contributed by atoms with E-state index in [1.165, 1.54) is 0 Å². The second kappa shape index (κ2) is 10.3. The number of piperidine rings is 2. The number of rotatable bonds is 6. The van der Waals surface area contributed by atoms with E-state index in [2.05, 4.69) is 28.1 Å². The standard InChI is InChI=1S/C29H34N6O3/c1-3-4-25-19(2)17-26(38-25)24-7-12-30-29(32-24)35-27(20-5-6-20)23(18-31-35)28(37)34-13-8-21(9-14-34)33-15-10-22(36)11-16-33/h3-4,7,12,17-18,20-22,36H,1-2,5-6,8-11,13-16H2/b25-4+. The third-order valence-corrected chi connectivity index (χ3v) is 7.96. The van der Waals surface area contributed by atoms with Gasteiger partial charge in [-0.05, 0) is 56.7 Å². The molecule has 1 aliphatic carbocycles. The lowest BCUT2D eigenvalue weighted by Crippen LogP contribution is -2.49. The molecule has 3 aromatic rings. The van der Waals surface area contributed by atoms with Crippen LogP contribution in [0.3, 0.4) is 0 Å². The fraction of sp³-hybridized carbons (Fsp3) is 0.448. The molecule has 38 heavy (non-hydrogen) atoms. The first-order valence-corrected chi connectivity index (χ1v) is 13.6. The summed E-state index contributed by atoms with van der Waals surface area (Å²) < 4.78 is 7.64. The number of aromatic nitrogens is 4. The number of aliphatic hydroxyl groups is 1. The Morgan fingerprint density at radius 3 is 2.58 bits per heavy atom. The van der Waals surface area contributed by atoms with E-state index < -0.39 is 0 Å². The van der Waals surface area contributed by atoms with Crippen LogP contribution in [-0.2, 0) is 0 Å². The molecule has 1 amide bonds. The molecule has 2 saturated heterocycles. The van der Waals surface area contributed by atoms with Crippen molar-refractivity contribution in [2.75, 3.05) is 26.2 Å². The third-order valence-electron chi connectivity index (χ3n) is 7.96. The summed E-state index contributed by atoms with van der Waals surface area (Å²) in [5, 5.41) is 15.2. The Bertz CT molecular complexity index is 1440. The minimum Gasteiger partial charge on any atom is -0.454 e. The van der Waals surface area contributed by atoms with E-state index in [9.17, 15) is 9.90 Å². The first kappa shape index (κ1) is 24.8. The topological polar surface area (TPSA) is 101 Å². The highest BCUT2D eigenvalue weighted by Gasteiger charge is 2.36. The minimum absolute atomic E-state index is 0.0409. The Kier molecular flexibility index (Phi) is 6.71. The summed E-state index contributed by atoms with van der Waals surface area (Å²) in [7, 11) is 0. The molecule has 0 unspecified atom stereocenters. The quantitative estimate of drug-likeness (QED) is 0.539. The van der Waals surface area contributed by atoms with Gasteiger partial charge in [-0.3, -0.25) is 4.79 Å². The lowest BCUT2D eigenvalue weighted by atomic mass is 9.98. The van der Waals surface area contributed by atoms with Crippen LogP contribution in [0.15, 0.2) is 41.6 Å². The van der Waals surface area contributed by atoms with Gasteiger partial charge in [0, 0.05) is 49.6 Å². The number of aliphatic hydroxyl groups excluding tert-OH is 1. The Balaban J connectivity index is 1.22. The maximum absolute atomic E-state index is 13.7. The zero-order valence-corrected chi connectivity index (χ0v) is 21.6. The number of hydrogen-bond donors (Lipinski definition) is 1. The van der Waals surface area contributed by atoms with Crippen molar-refractivity contribution in [3.8, 4) is 17.4 Å². The number of amides is 1. The van der Waals surface area contributed by atoms with Gasteiger partial charge >= 0.3 is 0 Å². The largest absolute Gasteiger partial charge is 0.454 e. The summed E-state index contributed by atoms with van der Waals surface area (Å²) in [4.78, 5) is 27.3. The summed E-state index contributed by atoms with van der Waals surface area (Å²) >= 11 is 0. The molecule has 1 saturated carbocycles. The molecular weight excluding hydrogens is 480 g/mol. The van der Waals surface area contributed by atoms with Gasteiger partial charge in [0.1, 0.15) is 11.1 Å². The van der Waals surface area contributed by atoms with E-state index in [0.29, 0.717) is 34.4 Å². The van der Waals surface area contributed by atoms with Crippen molar-refractivity contribution in [1.82, 2.24) is 29.5 Å². The van der Waals surface area contributed by atoms with E-state index in [-0.39, 0.29) is 17.9 Å². The molecule has 0 aromatic carbocycles. The number of furan rings is 1. The van der Waals surface area contributed by atoms with Crippen LogP contribution >= 0.6 is 0 Å². The van der Waals surface area contributed by atoms with Crippen LogP contribution in [0, 0.1) is 0 Å². The molecule has 3 fully saturated rings. The Morgan fingerprint density at radius 2 is 1.87 bits per heavy atom. The lowest BCUT2D eigenvalue weighted by Gasteiger charge is -2.41. The fourth-order valence-electron chi connectivity index (χ4n) is 5.69. The van der Waals surface area contributed by atoms with Crippen molar-refractivity contribution in [1.29, 1.82) is 0 Å². The van der Waals surface area contributed by atoms with Crippen LogP contribution < -0.4 is 10.6 Å². The second-order valence-corrected chi connectivity index (χ2v) is 10.6. The summed E-state index contributed by atoms with van der Waals surface area (Å²) in [6.45, 7) is 11.1. The van der Waals surface area contributed by atoms with E-state index >= 15 is 0 Å². The molecule has 0 spiro atoms. The summed E-state index contributed by atoms with van der Waals surface area (Å²) in [6, 6.07) is 4.12. The Hall–Kier alpha value is -3.56. The fourth-order valence-corrected chi connectivity index (χ4v) is 5.69. The van der Waals surface area contributed by atoms with Gasteiger partial charge in [-0.1, -0.05) is 19.2 Å². The van der Waals surface area contributed by atoms with Crippen LogP contribution in [0.5, 0.6) is 0 Å². The van der Waals surface area contributed by atoms with E-state index in [4.69, 9.17) is 9.40 Å². The maximum Gasteiger partial charge on any atom is 0.257 e. The monoisotopic (exact) mass is 514 g/mol. The molecule has 6 rings (SSSR count). The molecule has 3 aromatic heterocycles. The van der Waals surface area contributed by atoms with Crippen molar-refractivity contribution in [3.05, 3.63) is 59.1 Å². The van der Waals surface area contributed by atoms with Crippen LogP contribution in [0.25, 0.3) is 30.1 Å². The Labute approximate surface area is 221 Å². The minimum atomic E-state index is -0.164. The zero-order valence-electron chi connectivity index (χ0n) is 21.6. The predicted molar refractivity (Wildman–Crippen MR) is 144 cm³/mol. The van der Waals surface area contributed by atoms with Crippen molar-refractivity contribution in [2.45, 2.75) is 56.6 Å². The van der Waals surface area contributed by atoms with Crippen molar-refractivity contribution < 1.29 is 14.3 Å². The first-order chi connectivity index (χ1) is 18.5. The predicted octanol–water partition coefficient (Wildman–Crippen LogP) is 2.24. The van der Waals surface area contributed by atoms with Crippen LogP contribution in [0.1, 0.15) is 60.5 Å². The number of carbonyl (C=O) groups excluding carboxylic acids is 1. The molecule has 9 nitrogen and oxygen atoms in total. The molecule has 0 radical (unpaired) electrons. The number of carbonyl (C=O) groups is 1. The van der Waals surface area contributed by atoms with Crippen LogP contribution in [0.2, 0.25) is 0 Å². The van der Waals surface area contributed by atoms with Crippen LogP contribution in [0.4, 0.5) is 0 Å². The van der Waals surface area contributed by atoms with Gasteiger partial charge in [-0.25, -0.2) is 14.6 Å². The molecule has 0 atom stereocenters. The Morgan fingerprint density at radius 1 is 1.11 bits per heavy atom. The van der Waals surface area contributed by atoms with E-state index in [1.807, 2.05) is 11.0 Å². The van der Waals surface area contributed by atoms with Gasteiger partial charge in [0.15, 0.2) is 5.76 Å². The summed E-state index contributed by atoms with van der Waals surface area (Å²) in [5.74, 6) is 1.34. The SMILES string of the molecule is C=C/C=c1/oc(-c2ccnc(-n3ncc(C(=O)N4CCC(N5CCC(O)CC5)CC4)c3C3CC3)n2)cc1=C. The van der Waals surface area contributed by atoms with Gasteiger partial charge < -0.3 is 19.3 Å². The summed E-state index contributed by atoms with van der Waals surface area (Å²) in [6.07, 6.45) is 12.3. The van der Waals surface area contributed by atoms with Crippen molar-refractivity contribution in [3.63, 3.8) is 0 Å². The van der Waals surface area contributed by atoms with E-state index in [0.717, 1.165) is 75.6 Å². The number of likely N-dealkylation sites (tertiary alicyclic amines) is 2. The number of allylic oxidation sites excluding steroid dienone is 1. The van der Waals surface area contributed by atoms with Gasteiger partial charge in [0.05, 0.1) is 23.6 Å². The highest BCUT2D eigenvalue weighted by atomic mass is 16.3. The normalized spacial score (nSPS) is 20.2. The van der Waals surface area contributed by atoms with Crippen molar-refractivity contribution in [2.24, 2.45) is 0 Å². The van der Waals surface area contributed by atoms with Gasteiger partial charge in [0.25, 0.3) is 11.9 Å². The third kappa shape index (κ3) is 4.83. The molecular formula is C29H34N6O3. The van der Waals surface area contributed by atoms with Crippen molar-refractivity contribution >= 4 is 18.6 Å². The number of nitrogens with zero attached hydrogens (tertiary/aromatic N) is 6. The molecule has 9 heteroatoms. The zero-order chi connectivity index (χ0) is 26.2. The first-order valence-electron chi connectivity index (χ1n) is 13.6. The molecule has 198 valence electrons. The average molecular weight is 515 g/mol. The van der Waals surface area contributed by atoms with E-state index in [1.54, 1.807) is 35.3 Å². The van der Waals surface area contributed by atoms with Crippen LogP contribution in [-0.4, -0.2) is 78.9 Å². The van der Waals surface area contributed by atoms with Gasteiger partial charge in [-0.2, -0.15) is 5.10 Å². The average Bonchev–Trinajstić information content (AvgIpc) is 3.58. The maximum atomic E-state index is 13.7. The second-order valence-electron chi connectivity index (χ2n) is 10.6.